The second kappa shape index (κ2) is 3.10. The normalized spacial score (nSPS) is 19.6. The maximum atomic E-state index is 12.1. The van der Waals surface area contributed by atoms with E-state index in [1.54, 1.807) is 0 Å². The number of alkyl halides is 1. The molecular formula is C11H10F. The zero-order valence-corrected chi connectivity index (χ0v) is 6.76. The molecule has 12 heavy (non-hydrogen) atoms. The number of allylic oxidation sites excluding steroid dienone is 1. The van der Waals surface area contributed by atoms with Crippen molar-refractivity contribution in [3.8, 4) is 0 Å². The van der Waals surface area contributed by atoms with E-state index in [2.05, 4.69) is 12.1 Å². The molecule has 1 atom stereocenters. The first-order chi connectivity index (χ1) is 5.92. The Morgan fingerprint density at radius 3 is 3.25 bits per heavy atom. The molecule has 2 rings (SSSR count). The van der Waals surface area contributed by atoms with Crippen LogP contribution in [-0.4, -0.2) is 6.67 Å². The number of rotatable bonds is 2. The van der Waals surface area contributed by atoms with Gasteiger partial charge in [-0.05, 0) is 29.7 Å². The van der Waals surface area contributed by atoms with Gasteiger partial charge in [-0.25, -0.2) is 0 Å². The minimum absolute atomic E-state index is 0.243. The minimum atomic E-state index is -0.243. The molecule has 0 nitrogen and oxygen atoms in total. The van der Waals surface area contributed by atoms with Crippen molar-refractivity contribution in [3.63, 3.8) is 0 Å². The molecule has 0 aromatic heterocycles. The minimum Gasteiger partial charge on any atom is -0.251 e. The van der Waals surface area contributed by atoms with Crippen LogP contribution in [0.3, 0.4) is 0 Å². The first-order valence-corrected chi connectivity index (χ1v) is 4.16. The van der Waals surface area contributed by atoms with Crippen LogP contribution in [0.25, 0.3) is 6.08 Å². The summed E-state index contributed by atoms with van der Waals surface area (Å²) in [6.07, 6.45) is 4.72. The second-order valence-corrected chi connectivity index (χ2v) is 3.00. The van der Waals surface area contributed by atoms with Gasteiger partial charge in [0.25, 0.3) is 0 Å². The lowest BCUT2D eigenvalue weighted by atomic mass is 9.98. The van der Waals surface area contributed by atoms with Gasteiger partial charge in [0, 0.05) is 5.92 Å². The van der Waals surface area contributed by atoms with Crippen LogP contribution < -0.4 is 0 Å². The van der Waals surface area contributed by atoms with Crippen LogP contribution in [0.1, 0.15) is 23.5 Å². The Bertz CT molecular complexity index is 302. The molecule has 1 unspecified atom stereocenters. The van der Waals surface area contributed by atoms with Gasteiger partial charge in [-0.3, -0.25) is 4.39 Å². The van der Waals surface area contributed by atoms with Crippen molar-refractivity contribution >= 4 is 6.08 Å². The highest BCUT2D eigenvalue weighted by molar-refractivity contribution is 5.61. The summed E-state index contributed by atoms with van der Waals surface area (Å²) in [6.45, 7) is -0.243. The fourth-order valence-electron chi connectivity index (χ4n) is 1.63. The maximum Gasteiger partial charge on any atom is 0.0903 e. The smallest absolute Gasteiger partial charge is 0.0903 e. The van der Waals surface area contributed by atoms with Gasteiger partial charge in [-0.1, -0.05) is 24.3 Å². The molecule has 1 aromatic carbocycles. The molecule has 0 amide bonds. The van der Waals surface area contributed by atoms with E-state index < -0.39 is 0 Å². The Hall–Kier alpha value is -1.11. The van der Waals surface area contributed by atoms with E-state index in [0.29, 0.717) is 12.3 Å². The quantitative estimate of drug-likeness (QED) is 0.625. The zero-order chi connectivity index (χ0) is 8.39. The first kappa shape index (κ1) is 7.53. The van der Waals surface area contributed by atoms with Crippen molar-refractivity contribution in [2.75, 3.05) is 6.67 Å². The average Bonchev–Trinajstić information content (AvgIpc) is 2.50. The van der Waals surface area contributed by atoms with Crippen LogP contribution in [-0.2, 0) is 0 Å². The Morgan fingerprint density at radius 1 is 1.50 bits per heavy atom. The third-order valence-corrected chi connectivity index (χ3v) is 2.26. The van der Waals surface area contributed by atoms with Gasteiger partial charge in [-0.2, -0.15) is 0 Å². The lowest BCUT2D eigenvalue weighted by Crippen LogP contribution is -1.93. The Morgan fingerprint density at radius 2 is 2.42 bits per heavy atom. The van der Waals surface area contributed by atoms with E-state index in [1.807, 2.05) is 24.3 Å². The summed E-state index contributed by atoms with van der Waals surface area (Å²) in [5.74, 6) is 0.291. The van der Waals surface area contributed by atoms with Gasteiger partial charge in [0.1, 0.15) is 0 Å². The van der Waals surface area contributed by atoms with Gasteiger partial charge in [0.05, 0.1) is 6.67 Å². The fourth-order valence-corrected chi connectivity index (χ4v) is 1.63. The van der Waals surface area contributed by atoms with Gasteiger partial charge in [-0.15, -0.1) is 0 Å². The number of hydrogen-bond acceptors (Lipinski definition) is 0. The first-order valence-electron chi connectivity index (χ1n) is 4.16. The van der Waals surface area contributed by atoms with Crippen molar-refractivity contribution in [1.29, 1.82) is 0 Å². The molecule has 1 aromatic rings. The van der Waals surface area contributed by atoms with Crippen molar-refractivity contribution in [2.24, 2.45) is 0 Å². The molecule has 0 spiro atoms. The van der Waals surface area contributed by atoms with Crippen molar-refractivity contribution < 1.29 is 4.39 Å². The maximum absolute atomic E-state index is 12.1. The van der Waals surface area contributed by atoms with E-state index in [-0.39, 0.29) is 6.67 Å². The van der Waals surface area contributed by atoms with Gasteiger partial charge < -0.3 is 0 Å². The molecule has 1 heteroatoms. The Balaban J connectivity index is 2.30. The summed E-state index contributed by atoms with van der Waals surface area (Å²) in [5.41, 5.74) is 2.43. The van der Waals surface area contributed by atoms with E-state index in [0.717, 1.165) is 0 Å². The molecule has 1 radical (unpaired) electrons. The van der Waals surface area contributed by atoms with E-state index in [4.69, 9.17) is 0 Å². The largest absolute Gasteiger partial charge is 0.251 e. The molecule has 1 aliphatic rings. The third kappa shape index (κ3) is 1.15. The SMILES string of the molecule is FCCC1C=Cc2c[c]ccc21. The summed E-state index contributed by atoms with van der Waals surface area (Å²) in [5, 5.41) is 0. The van der Waals surface area contributed by atoms with Crippen LogP contribution in [0, 0.1) is 6.07 Å². The number of hydrogen-bond donors (Lipinski definition) is 0. The topological polar surface area (TPSA) is 0 Å². The molecule has 0 bridgehead atoms. The molecule has 0 heterocycles. The molecule has 0 saturated carbocycles. The molecular weight excluding hydrogens is 151 g/mol. The summed E-state index contributed by atoms with van der Waals surface area (Å²) in [4.78, 5) is 0. The number of fused-ring (bicyclic) bond motifs is 1. The highest BCUT2D eigenvalue weighted by Gasteiger charge is 2.15. The van der Waals surface area contributed by atoms with Crippen molar-refractivity contribution in [1.82, 2.24) is 0 Å². The third-order valence-electron chi connectivity index (χ3n) is 2.26. The van der Waals surface area contributed by atoms with Crippen molar-refractivity contribution in [3.05, 3.63) is 41.5 Å². The van der Waals surface area contributed by atoms with Crippen LogP contribution in [0.5, 0.6) is 0 Å². The highest BCUT2D eigenvalue weighted by atomic mass is 19.1. The van der Waals surface area contributed by atoms with E-state index in [9.17, 15) is 4.39 Å². The van der Waals surface area contributed by atoms with Gasteiger partial charge in [0.2, 0.25) is 0 Å². The predicted molar refractivity (Wildman–Crippen MR) is 47.6 cm³/mol. The van der Waals surface area contributed by atoms with Crippen LogP contribution in [0.4, 0.5) is 4.39 Å². The van der Waals surface area contributed by atoms with Crippen molar-refractivity contribution in [2.45, 2.75) is 12.3 Å². The monoisotopic (exact) mass is 161 g/mol. The molecule has 0 fully saturated rings. The molecule has 0 saturated heterocycles. The lowest BCUT2D eigenvalue weighted by molar-refractivity contribution is 0.460. The predicted octanol–water partition coefficient (Wildman–Crippen LogP) is 2.96. The van der Waals surface area contributed by atoms with Crippen LogP contribution >= 0.6 is 0 Å². The second-order valence-electron chi connectivity index (χ2n) is 3.00. The molecule has 0 aliphatic heterocycles. The molecule has 61 valence electrons. The Kier molecular flexibility index (Phi) is 1.94. The lowest BCUT2D eigenvalue weighted by Gasteiger charge is -2.06. The standard InChI is InChI=1S/C11H10F/c12-8-7-10-6-5-9-3-1-2-4-11(9)10/h2-6,10H,7-8H2. The Labute approximate surface area is 71.7 Å². The number of halogens is 1. The van der Waals surface area contributed by atoms with E-state index >= 15 is 0 Å². The van der Waals surface area contributed by atoms with Gasteiger partial charge >= 0.3 is 0 Å². The van der Waals surface area contributed by atoms with E-state index in [1.165, 1.54) is 11.1 Å². The average molecular weight is 161 g/mol. The summed E-state index contributed by atoms with van der Waals surface area (Å²) >= 11 is 0. The fraction of sp³-hybridized carbons (Fsp3) is 0.273. The summed E-state index contributed by atoms with van der Waals surface area (Å²) < 4.78 is 12.1. The molecule has 1 aliphatic carbocycles. The zero-order valence-electron chi connectivity index (χ0n) is 6.76. The molecule has 0 N–H and O–H groups in total. The van der Waals surface area contributed by atoms with Crippen LogP contribution in [0.15, 0.2) is 24.3 Å². The number of benzene rings is 1. The van der Waals surface area contributed by atoms with Gasteiger partial charge in [0.15, 0.2) is 0 Å². The summed E-state index contributed by atoms with van der Waals surface area (Å²) in [6, 6.07) is 8.87. The highest BCUT2D eigenvalue weighted by Crippen LogP contribution is 2.31. The van der Waals surface area contributed by atoms with Crippen LogP contribution in [0.2, 0.25) is 0 Å². The summed E-state index contributed by atoms with van der Waals surface area (Å²) in [7, 11) is 0.